The van der Waals surface area contributed by atoms with Gasteiger partial charge in [-0.2, -0.15) is 0 Å². The average molecular weight is 388 g/mol. The van der Waals surface area contributed by atoms with Crippen molar-refractivity contribution in [1.29, 1.82) is 0 Å². The van der Waals surface area contributed by atoms with E-state index in [9.17, 15) is 13.2 Å². The maximum absolute atomic E-state index is 13.0. The molecule has 2 aromatic rings. The maximum Gasteiger partial charge on any atom is 0.321 e. The van der Waals surface area contributed by atoms with Crippen molar-refractivity contribution in [1.82, 2.24) is 5.32 Å². The van der Waals surface area contributed by atoms with Crippen LogP contribution < -0.4 is 14.5 Å². The molecule has 1 N–H and O–H groups in total. The van der Waals surface area contributed by atoms with Crippen molar-refractivity contribution < 1.29 is 13.2 Å². The van der Waals surface area contributed by atoms with Gasteiger partial charge in [0.25, 0.3) is 10.0 Å². The van der Waals surface area contributed by atoms with Crippen molar-refractivity contribution in [2.75, 3.05) is 29.3 Å². The van der Waals surface area contributed by atoms with E-state index in [0.717, 1.165) is 23.2 Å². The second kappa shape index (κ2) is 7.60. The average Bonchev–Trinajstić information content (AvgIpc) is 3.09. The molecule has 0 radical (unpaired) electrons. The van der Waals surface area contributed by atoms with Gasteiger partial charge in [-0.25, -0.2) is 13.2 Å². The molecule has 0 aromatic heterocycles. The quantitative estimate of drug-likeness (QED) is 0.856. The Morgan fingerprint density at radius 1 is 1.19 bits per heavy atom. The predicted molar refractivity (Wildman–Crippen MR) is 108 cm³/mol. The summed E-state index contributed by atoms with van der Waals surface area (Å²) in [4.78, 5) is 14.2. The van der Waals surface area contributed by atoms with Gasteiger partial charge in [-0.15, -0.1) is 0 Å². The molecule has 27 heavy (non-hydrogen) atoms. The van der Waals surface area contributed by atoms with Crippen LogP contribution in [0.25, 0.3) is 0 Å². The molecule has 0 saturated carbocycles. The Bertz CT molecular complexity index is 939. The van der Waals surface area contributed by atoms with Crippen LogP contribution in [-0.4, -0.2) is 34.6 Å². The highest BCUT2D eigenvalue weighted by Gasteiger charge is 2.28. The third kappa shape index (κ3) is 3.78. The molecule has 0 atom stereocenters. The van der Waals surface area contributed by atoms with Crippen LogP contribution in [0.2, 0.25) is 0 Å². The number of nitrogens with one attached hydrogen (secondary N) is 1. The number of carbonyl (C=O) groups is 1. The molecule has 0 aliphatic carbocycles. The summed E-state index contributed by atoms with van der Waals surface area (Å²) in [6.45, 7) is 5.14. The summed E-state index contributed by atoms with van der Waals surface area (Å²) in [6.07, 6.45) is 1.52. The van der Waals surface area contributed by atoms with Crippen molar-refractivity contribution in [3.8, 4) is 0 Å². The minimum Gasteiger partial charge on any atom is -0.338 e. The number of carbonyl (C=O) groups excluding carboxylic acids is 1. The molecule has 1 heterocycles. The van der Waals surface area contributed by atoms with E-state index in [4.69, 9.17) is 0 Å². The SMILES string of the molecule is CCCNC(=O)N1CCc2cc(S(=O)(=O)N(C)c3ccc(C)cc3)ccc21. The van der Waals surface area contributed by atoms with Gasteiger partial charge in [0.2, 0.25) is 0 Å². The van der Waals surface area contributed by atoms with Gasteiger partial charge in [-0.1, -0.05) is 24.6 Å². The monoisotopic (exact) mass is 387 g/mol. The molecule has 7 heteroatoms. The van der Waals surface area contributed by atoms with Gasteiger partial charge in [0, 0.05) is 25.8 Å². The second-order valence-electron chi connectivity index (χ2n) is 6.73. The first-order valence-electron chi connectivity index (χ1n) is 9.08. The van der Waals surface area contributed by atoms with Crippen LogP contribution in [0.4, 0.5) is 16.2 Å². The smallest absolute Gasteiger partial charge is 0.321 e. The Morgan fingerprint density at radius 2 is 1.89 bits per heavy atom. The summed E-state index contributed by atoms with van der Waals surface area (Å²) in [5, 5.41) is 2.86. The van der Waals surface area contributed by atoms with E-state index >= 15 is 0 Å². The number of rotatable bonds is 5. The van der Waals surface area contributed by atoms with E-state index in [1.165, 1.54) is 4.31 Å². The Kier molecular flexibility index (Phi) is 5.41. The maximum atomic E-state index is 13.0. The molecule has 1 aliphatic rings. The number of nitrogens with zero attached hydrogens (tertiary/aromatic N) is 2. The van der Waals surface area contributed by atoms with Gasteiger partial charge >= 0.3 is 6.03 Å². The van der Waals surface area contributed by atoms with Crippen LogP contribution in [-0.2, 0) is 16.4 Å². The molecular formula is C20H25N3O3S. The van der Waals surface area contributed by atoms with Gasteiger partial charge in [-0.05, 0) is 55.7 Å². The number of aryl methyl sites for hydroxylation is 1. The third-order valence-electron chi connectivity index (χ3n) is 4.77. The summed E-state index contributed by atoms with van der Waals surface area (Å²) in [5.74, 6) is 0. The van der Waals surface area contributed by atoms with Gasteiger partial charge < -0.3 is 5.32 Å². The topological polar surface area (TPSA) is 69.7 Å². The van der Waals surface area contributed by atoms with Crippen LogP contribution in [0.1, 0.15) is 24.5 Å². The van der Waals surface area contributed by atoms with E-state index in [1.54, 1.807) is 42.3 Å². The number of hydrogen-bond donors (Lipinski definition) is 1. The van der Waals surface area contributed by atoms with Crippen LogP contribution in [0.3, 0.4) is 0 Å². The second-order valence-corrected chi connectivity index (χ2v) is 8.70. The van der Waals surface area contributed by atoms with E-state index < -0.39 is 10.0 Å². The fraction of sp³-hybridized carbons (Fsp3) is 0.350. The minimum atomic E-state index is -3.66. The Morgan fingerprint density at radius 3 is 2.56 bits per heavy atom. The molecule has 6 nitrogen and oxygen atoms in total. The summed E-state index contributed by atoms with van der Waals surface area (Å²) < 4.78 is 27.3. The number of fused-ring (bicyclic) bond motifs is 1. The van der Waals surface area contributed by atoms with Crippen LogP contribution >= 0.6 is 0 Å². The van der Waals surface area contributed by atoms with Gasteiger partial charge in [0.1, 0.15) is 0 Å². The molecule has 0 bridgehead atoms. The number of amides is 2. The molecule has 0 fully saturated rings. The zero-order valence-corrected chi connectivity index (χ0v) is 16.7. The Labute approximate surface area is 160 Å². The molecule has 2 aromatic carbocycles. The number of sulfonamides is 1. The first-order chi connectivity index (χ1) is 12.8. The van der Waals surface area contributed by atoms with Crippen molar-refractivity contribution in [3.63, 3.8) is 0 Å². The van der Waals surface area contributed by atoms with Crippen molar-refractivity contribution in [2.24, 2.45) is 0 Å². The highest BCUT2D eigenvalue weighted by Crippen LogP contribution is 2.32. The first kappa shape index (κ1) is 19.2. The fourth-order valence-corrected chi connectivity index (χ4v) is 4.38. The van der Waals surface area contributed by atoms with E-state index in [-0.39, 0.29) is 10.9 Å². The number of anilines is 2. The van der Waals surface area contributed by atoms with Crippen molar-refractivity contribution >= 4 is 27.4 Å². The molecule has 0 unspecified atom stereocenters. The fourth-order valence-electron chi connectivity index (χ4n) is 3.13. The Hall–Kier alpha value is -2.54. The van der Waals surface area contributed by atoms with E-state index in [2.05, 4.69) is 5.32 Å². The van der Waals surface area contributed by atoms with Gasteiger partial charge in [-0.3, -0.25) is 9.21 Å². The lowest BCUT2D eigenvalue weighted by atomic mass is 10.2. The highest BCUT2D eigenvalue weighted by molar-refractivity contribution is 7.92. The molecule has 0 saturated heterocycles. The van der Waals surface area contributed by atoms with E-state index in [0.29, 0.717) is 25.2 Å². The largest absolute Gasteiger partial charge is 0.338 e. The lowest BCUT2D eigenvalue weighted by molar-refractivity contribution is 0.247. The Balaban J connectivity index is 1.86. The number of urea groups is 1. The summed E-state index contributed by atoms with van der Waals surface area (Å²) in [5.41, 5.74) is 3.34. The highest BCUT2D eigenvalue weighted by atomic mass is 32.2. The molecule has 2 amide bonds. The predicted octanol–water partition coefficient (Wildman–Crippen LogP) is 3.30. The van der Waals surface area contributed by atoms with Gasteiger partial charge in [0.05, 0.1) is 10.6 Å². The summed E-state index contributed by atoms with van der Waals surface area (Å²) in [6, 6.07) is 12.2. The molecule has 144 valence electrons. The zero-order valence-electron chi connectivity index (χ0n) is 15.9. The number of benzene rings is 2. The summed E-state index contributed by atoms with van der Waals surface area (Å²) >= 11 is 0. The summed E-state index contributed by atoms with van der Waals surface area (Å²) in [7, 11) is -2.11. The lowest BCUT2D eigenvalue weighted by Gasteiger charge is -2.21. The van der Waals surface area contributed by atoms with Gasteiger partial charge in [0.15, 0.2) is 0 Å². The minimum absolute atomic E-state index is 0.136. The lowest BCUT2D eigenvalue weighted by Crippen LogP contribution is -2.39. The first-order valence-corrected chi connectivity index (χ1v) is 10.5. The molecule has 1 aliphatic heterocycles. The third-order valence-corrected chi connectivity index (χ3v) is 6.56. The molecule has 3 rings (SSSR count). The normalized spacial score (nSPS) is 13.4. The zero-order chi connectivity index (χ0) is 19.6. The van der Waals surface area contributed by atoms with Crippen LogP contribution in [0.15, 0.2) is 47.4 Å². The van der Waals surface area contributed by atoms with Crippen molar-refractivity contribution in [2.45, 2.75) is 31.6 Å². The number of hydrogen-bond acceptors (Lipinski definition) is 3. The standard InChI is InChI=1S/C20H25N3O3S/c1-4-12-21-20(24)23-13-11-16-14-18(9-10-19(16)23)27(25,26)22(3)17-7-5-15(2)6-8-17/h5-10,14H,4,11-13H2,1-3H3,(H,21,24). The molecular weight excluding hydrogens is 362 g/mol. The van der Waals surface area contributed by atoms with Crippen molar-refractivity contribution in [3.05, 3.63) is 53.6 Å². The van der Waals surface area contributed by atoms with Crippen LogP contribution in [0.5, 0.6) is 0 Å². The van der Waals surface area contributed by atoms with E-state index in [1.807, 2.05) is 26.0 Å². The molecule has 0 spiro atoms. The van der Waals surface area contributed by atoms with Crippen LogP contribution in [0, 0.1) is 6.92 Å².